The van der Waals surface area contributed by atoms with Crippen LogP contribution >= 0.6 is 0 Å². The third kappa shape index (κ3) is 3.56. The lowest BCUT2D eigenvalue weighted by Gasteiger charge is -2.05. The quantitative estimate of drug-likeness (QED) is 0.644. The van der Waals surface area contributed by atoms with Gasteiger partial charge in [-0.2, -0.15) is 13.2 Å². The minimum Gasteiger partial charge on any atom is -0.494 e. The minimum absolute atomic E-state index is 0.112. The Bertz CT molecular complexity index is 1090. The molecule has 0 saturated heterocycles. The van der Waals surface area contributed by atoms with Gasteiger partial charge in [-0.05, 0) is 31.2 Å². The van der Waals surface area contributed by atoms with Crippen LogP contribution in [-0.2, 0) is 12.6 Å². The van der Waals surface area contributed by atoms with E-state index in [2.05, 4.69) is 25.4 Å². The maximum absolute atomic E-state index is 13.8. The van der Waals surface area contributed by atoms with Gasteiger partial charge in [0.05, 0.1) is 23.8 Å². The first-order chi connectivity index (χ1) is 13.9. The topological polar surface area (TPSA) is 110 Å². The number of rotatable bonds is 3. The van der Waals surface area contributed by atoms with E-state index in [9.17, 15) is 13.2 Å². The SMILES string of the molecule is CCOc1ccc(-c2cc(C(F)(F)F)[n+](C3=NN=C(N)Cc4ncnn43)[nH]2)cc1. The molecule has 1 aliphatic rings. The predicted octanol–water partition coefficient (Wildman–Crippen LogP) is 1.56. The molecular weight excluding hydrogens is 389 g/mol. The van der Waals surface area contributed by atoms with Gasteiger partial charge in [0.25, 0.3) is 0 Å². The van der Waals surface area contributed by atoms with Crippen LogP contribution in [0.5, 0.6) is 5.75 Å². The van der Waals surface area contributed by atoms with E-state index in [1.165, 1.54) is 6.33 Å². The highest BCUT2D eigenvalue weighted by molar-refractivity contribution is 5.85. The number of amidine groups is 1. The Labute approximate surface area is 162 Å². The highest BCUT2D eigenvalue weighted by atomic mass is 19.4. The Balaban J connectivity index is 1.84. The van der Waals surface area contributed by atoms with E-state index < -0.39 is 11.9 Å². The molecule has 12 heteroatoms. The zero-order valence-corrected chi connectivity index (χ0v) is 15.2. The molecule has 2 aromatic heterocycles. The molecule has 3 aromatic rings. The molecule has 0 saturated carbocycles. The van der Waals surface area contributed by atoms with Crippen LogP contribution in [-0.4, -0.2) is 38.3 Å². The molecule has 0 radical (unpaired) electrons. The van der Waals surface area contributed by atoms with Crippen molar-refractivity contribution in [2.24, 2.45) is 15.9 Å². The number of hydrogen-bond donors (Lipinski definition) is 2. The fourth-order valence-electron chi connectivity index (χ4n) is 2.87. The third-order valence-corrected chi connectivity index (χ3v) is 4.14. The lowest BCUT2D eigenvalue weighted by Crippen LogP contribution is -2.54. The van der Waals surface area contributed by atoms with Crippen molar-refractivity contribution in [1.82, 2.24) is 19.9 Å². The van der Waals surface area contributed by atoms with Crippen LogP contribution < -0.4 is 15.2 Å². The van der Waals surface area contributed by atoms with Crippen molar-refractivity contribution in [2.75, 3.05) is 6.61 Å². The van der Waals surface area contributed by atoms with Crippen LogP contribution in [0.1, 0.15) is 18.4 Å². The molecule has 0 spiro atoms. The van der Waals surface area contributed by atoms with E-state index in [0.717, 1.165) is 15.4 Å². The van der Waals surface area contributed by atoms with Gasteiger partial charge in [0, 0.05) is 11.6 Å². The van der Waals surface area contributed by atoms with Crippen LogP contribution in [0.4, 0.5) is 13.2 Å². The molecule has 0 fully saturated rings. The van der Waals surface area contributed by atoms with Crippen molar-refractivity contribution in [3.63, 3.8) is 0 Å². The molecule has 1 aromatic carbocycles. The van der Waals surface area contributed by atoms with Crippen molar-refractivity contribution in [2.45, 2.75) is 19.5 Å². The molecule has 0 bridgehead atoms. The fraction of sp³-hybridized carbons (Fsp3) is 0.235. The first-order valence-electron chi connectivity index (χ1n) is 8.62. The predicted molar refractivity (Wildman–Crippen MR) is 96.2 cm³/mol. The van der Waals surface area contributed by atoms with Crippen molar-refractivity contribution in [3.8, 4) is 17.0 Å². The molecule has 1 aliphatic heterocycles. The van der Waals surface area contributed by atoms with Gasteiger partial charge in [-0.3, -0.25) is 0 Å². The second kappa shape index (κ2) is 7.04. The van der Waals surface area contributed by atoms with E-state index >= 15 is 0 Å². The number of hydrogen-bond acceptors (Lipinski definition) is 6. The molecule has 0 atom stereocenters. The number of nitrogens with one attached hydrogen (secondary N) is 1. The smallest absolute Gasteiger partial charge is 0.469 e. The molecule has 150 valence electrons. The number of nitrogens with two attached hydrogens (primary N) is 1. The average molecular weight is 405 g/mol. The van der Waals surface area contributed by atoms with Gasteiger partial charge in [0.2, 0.25) is 11.5 Å². The Hall–Kier alpha value is -3.70. The number of halogens is 3. The van der Waals surface area contributed by atoms with Gasteiger partial charge < -0.3 is 10.5 Å². The Morgan fingerprint density at radius 2 is 2.00 bits per heavy atom. The second-order valence-electron chi connectivity index (χ2n) is 6.10. The second-order valence-corrected chi connectivity index (χ2v) is 6.10. The standard InChI is InChI=1S/C17H15F3N8O/c1-2-29-11-5-3-10(4-6-11)12-7-13(17(18,19)20)27(26-12)16-25-24-14(21)8-15-22-9-23-28(15)16/h3-7,9H,2,8H2,1H3,(H2,21,24)/p+1. The third-order valence-electron chi connectivity index (χ3n) is 4.14. The van der Waals surface area contributed by atoms with Crippen molar-refractivity contribution in [3.05, 3.63) is 48.2 Å². The number of benzene rings is 1. The molecule has 0 unspecified atom stereocenters. The van der Waals surface area contributed by atoms with Crippen molar-refractivity contribution < 1.29 is 22.6 Å². The van der Waals surface area contributed by atoms with Gasteiger partial charge in [-0.1, -0.05) is 14.9 Å². The molecule has 0 amide bonds. The molecule has 3 heterocycles. The minimum atomic E-state index is -4.66. The van der Waals surface area contributed by atoms with E-state index in [4.69, 9.17) is 10.5 Å². The van der Waals surface area contributed by atoms with Gasteiger partial charge in [0.15, 0.2) is 6.33 Å². The van der Waals surface area contributed by atoms with Crippen molar-refractivity contribution >= 4 is 11.8 Å². The van der Waals surface area contributed by atoms with Gasteiger partial charge >= 0.3 is 12.1 Å². The zero-order valence-electron chi connectivity index (χ0n) is 15.2. The van der Waals surface area contributed by atoms with Crippen LogP contribution in [0.15, 0.2) is 46.9 Å². The van der Waals surface area contributed by atoms with Gasteiger partial charge in [-0.25, -0.2) is 10.1 Å². The van der Waals surface area contributed by atoms with Crippen LogP contribution in [0, 0.1) is 0 Å². The molecule has 0 aliphatic carbocycles. The molecule has 4 rings (SSSR count). The largest absolute Gasteiger partial charge is 0.494 e. The zero-order chi connectivity index (χ0) is 20.6. The molecule has 9 nitrogen and oxygen atoms in total. The highest BCUT2D eigenvalue weighted by Crippen LogP contribution is 2.30. The summed E-state index contributed by atoms with van der Waals surface area (Å²) in [7, 11) is 0. The van der Waals surface area contributed by atoms with E-state index in [1.54, 1.807) is 24.3 Å². The Morgan fingerprint density at radius 1 is 1.24 bits per heavy atom. The Morgan fingerprint density at radius 3 is 2.69 bits per heavy atom. The highest BCUT2D eigenvalue weighted by Gasteiger charge is 2.42. The average Bonchev–Trinajstić information content (AvgIpc) is 3.28. The first kappa shape index (κ1) is 18.7. The number of alkyl halides is 3. The van der Waals surface area contributed by atoms with E-state index in [0.29, 0.717) is 23.7 Å². The van der Waals surface area contributed by atoms with Crippen LogP contribution in [0.2, 0.25) is 0 Å². The summed E-state index contributed by atoms with van der Waals surface area (Å²) in [6, 6.07) is 7.68. The monoisotopic (exact) mass is 405 g/mol. The van der Waals surface area contributed by atoms with E-state index in [-0.39, 0.29) is 23.9 Å². The van der Waals surface area contributed by atoms with Crippen LogP contribution in [0.25, 0.3) is 11.3 Å². The van der Waals surface area contributed by atoms with Gasteiger partial charge in [-0.15, -0.1) is 4.68 Å². The molecule has 3 N–H and O–H groups in total. The lowest BCUT2D eigenvalue weighted by atomic mass is 10.1. The summed E-state index contributed by atoms with van der Waals surface area (Å²) in [5, 5.41) is 14.3. The summed E-state index contributed by atoms with van der Waals surface area (Å²) >= 11 is 0. The summed E-state index contributed by atoms with van der Waals surface area (Å²) in [4.78, 5) is 4.01. The summed E-state index contributed by atoms with van der Waals surface area (Å²) in [6.45, 7) is 2.34. The maximum atomic E-state index is 13.8. The number of ether oxygens (including phenoxy) is 1. The number of aromatic nitrogens is 5. The summed E-state index contributed by atoms with van der Waals surface area (Å²) in [5.41, 5.74) is 5.51. The first-order valence-corrected chi connectivity index (χ1v) is 8.62. The fourth-order valence-corrected chi connectivity index (χ4v) is 2.87. The van der Waals surface area contributed by atoms with Crippen LogP contribution in [0.3, 0.4) is 0 Å². The number of aromatic amines is 1. The normalized spacial score (nSPS) is 14.1. The summed E-state index contributed by atoms with van der Waals surface area (Å²) in [6.07, 6.45) is -3.33. The maximum Gasteiger partial charge on any atom is 0.469 e. The number of nitrogens with zero attached hydrogens (tertiary/aromatic N) is 6. The molecular formula is C17H16F3N8O+. The Kier molecular flexibility index (Phi) is 4.53. The summed E-state index contributed by atoms with van der Waals surface area (Å²) in [5.74, 6) is 0.835. The summed E-state index contributed by atoms with van der Waals surface area (Å²) < 4.78 is 48.6. The molecule has 29 heavy (non-hydrogen) atoms. The van der Waals surface area contributed by atoms with E-state index in [1.807, 2.05) is 6.92 Å². The lowest BCUT2D eigenvalue weighted by molar-refractivity contribution is -0.642. The van der Waals surface area contributed by atoms with Gasteiger partial charge in [0.1, 0.15) is 11.6 Å². The van der Waals surface area contributed by atoms with Crippen molar-refractivity contribution in [1.29, 1.82) is 0 Å². The number of fused-ring (bicyclic) bond motifs is 1. The number of H-pyrrole nitrogens is 1.